The van der Waals surface area contributed by atoms with Crippen LogP contribution >= 0.6 is 15.9 Å². The van der Waals surface area contributed by atoms with Crippen LogP contribution in [0.15, 0.2) is 28.7 Å². The Bertz CT molecular complexity index is 438. The van der Waals surface area contributed by atoms with E-state index in [0.717, 1.165) is 10.2 Å². The van der Waals surface area contributed by atoms with E-state index in [2.05, 4.69) is 33.1 Å². The molecule has 2 atom stereocenters. The molecule has 18 heavy (non-hydrogen) atoms. The van der Waals surface area contributed by atoms with Crippen LogP contribution < -0.4 is 16.0 Å². The van der Waals surface area contributed by atoms with Gasteiger partial charge in [-0.2, -0.15) is 0 Å². The van der Waals surface area contributed by atoms with Crippen molar-refractivity contribution in [1.29, 1.82) is 0 Å². The fourth-order valence-electron chi connectivity index (χ4n) is 2.39. The van der Waals surface area contributed by atoms with E-state index in [1.165, 1.54) is 0 Å². The Labute approximate surface area is 116 Å². The van der Waals surface area contributed by atoms with E-state index in [9.17, 15) is 4.79 Å². The molecule has 0 radical (unpaired) electrons. The lowest BCUT2D eigenvalue weighted by atomic mass is 10.0. The van der Waals surface area contributed by atoms with Gasteiger partial charge in [-0.1, -0.05) is 12.1 Å². The molecule has 0 aromatic heterocycles. The summed E-state index contributed by atoms with van der Waals surface area (Å²) in [7, 11) is 0. The van der Waals surface area contributed by atoms with Crippen molar-refractivity contribution in [3.63, 3.8) is 0 Å². The lowest BCUT2D eigenvalue weighted by Gasteiger charge is -2.42. The van der Waals surface area contributed by atoms with Crippen LogP contribution in [-0.2, 0) is 4.79 Å². The van der Waals surface area contributed by atoms with Gasteiger partial charge < -0.3 is 16.0 Å². The van der Waals surface area contributed by atoms with Crippen molar-refractivity contribution in [2.24, 2.45) is 5.73 Å². The van der Waals surface area contributed by atoms with Crippen molar-refractivity contribution < 1.29 is 4.79 Å². The second kappa shape index (κ2) is 5.71. The predicted octanol–water partition coefficient (Wildman–Crippen LogP) is 1.49. The van der Waals surface area contributed by atoms with Gasteiger partial charge in [0.15, 0.2) is 0 Å². The first kappa shape index (κ1) is 13.4. The first-order chi connectivity index (χ1) is 8.65. The molecule has 1 aliphatic heterocycles. The number of hydrogen-bond donors (Lipinski definition) is 2. The highest BCUT2D eigenvalue weighted by Crippen LogP contribution is 2.31. The number of amides is 1. The van der Waals surface area contributed by atoms with Gasteiger partial charge in [-0.15, -0.1) is 0 Å². The maximum atomic E-state index is 12.0. The number of benzene rings is 1. The zero-order chi connectivity index (χ0) is 13.1. The number of hydrogen-bond acceptors (Lipinski definition) is 3. The van der Waals surface area contributed by atoms with E-state index in [-0.39, 0.29) is 18.0 Å². The third kappa shape index (κ3) is 2.52. The smallest absolute Gasteiger partial charge is 0.242 e. The Morgan fingerprint density at radius 2 is 2.22 bits per heavy atom. The summed E-state index contributed by atoms with van der Waals surface area (Å²) >= 11 is 3.55. The number of nitrogens with two attached hydrogens (primary N) is 1. The largest absolute Gasteiger partial charge is 0.354 e. The Morgan fingerprint density at radius 3 is 2.89 bits per heavy atom. The predicted molar refractivity (Wildman–Crippen MR) is 76.6 cm³/mol. The number of anilines is 1. The molecule has 2 unspecified atom stereocenters. The lowest BCUT2D eigenvalue weighted by molar-refractivity contribution is -0.123. The van der Waals surface area contributed by atoms with Crippen LogP contribution in [0, 0.1) is 0 Å². The topological polar surface area (TPSA) is 58.4 Å². The highest BCUT2D eigenvalue weighted by atomic mass is 79.9. The van der Waals surface area contributed by atoms with Gasteiger partial charge in [0, 0.05) is 17.1 Å². The minimum absolute atomic E-state index is 0.0642. The van der Waals surface area contributed by atoms with Gasteiger partial charge in [-0.25, -0.2) is 0 Å². The minimum Gasteiger partial charge on any atom is -0.354 e. The summed E-state index contributed by atoms with van der Waals surface area (Å²) in [6.07, 6.45) is 0.664. The molecule has 1 saturated heterocycles. The van der Waals surface area contributed by atoms with E-state index < -0.39 is 0 Å². The molecule has 0 bridgehead atoms. The van der Waals surface area contributed by atoms with Gasteiger partial charge in [0.1, 0.15) is 6.04 Å². The summed E-state index contributed by atoms with van der Waals surface area (Å²) in [5.41, 5.74) is 6.68. The van der Waals surface area contributed by atoms with Crippen LogP contribution in [0.2, 0.25) is 0 Å². The summed E-state index contributed by atoms with van der Waals surface area (Å²) in [6.45, 7) is 3.29. The Kier molecular flexibility index (Phi) is 4.24. The second-order valence-corrected chi connectivity index (χ2v) is 5.40. The SMILES string of the molecule is CC1CNC(=O)C(CCN)N1c1ccccc1Br. The minimum atomic E-state index is -0.183. The first-order valence-corrected chi connectivity index (χ1v) is 6.95. The van der Waals surface area contributed by atoms with Crippen molar-refractivity contribution in [2.45, 2.75) is 25.4 Å². The Morgan fingerprint density at radius 1 is 1.50 bits per heavy atom. The van der Waals surface area contributed by atoms with Crippen LogP contribution in [0.1, 0.15) is 13.3 Å². The van der Waals surface area contributed by atoms with E-state index in [1.807, 2.05) is 24.3 Å². The van der Waals surface area contributed by atoms with Gasteiger partial charge >= 0.3 is 0 Å². The van der Waals surface area contributed by atoms with Gasteiger partial charge in [0.2, 0.25) is 5.91 Å². The summed E-state index contributed by atoms with van der Waals surface area (Å²) in [4.78, 5) is 14.2. The molecule has 2 rings (SSSR count). The fraction of sp³-hybridized carbons (Fsp3) is 0.462. The highest BCUT2D eigenvalue weighted by molar-refractivity contribution is 9.10. The van der Waals surface area contributed by atoms with E-state index in [4.69, 9.17) is 5.73 Å². The van der Waals surface area contributed by atoms with Crippen LogP contribution in [0.4, 0.5) is 5.69 Å². The monoisotopic (exact) mass is 311 g/mol. The second-order valence-electron chi connectivity index (χ2n) is 4.55. The lowest BCUT2D eigenvalue weighted by Crippen LogP contribution is -2.60. The third-order valence-corrected chi connectivity index (χ3v) is 3.93. The van der Waals surface area contributed by atoms with Gasteiger partial charge in [-0.3, -0.25) is 4.79 Å². The zero-order valence-electron chi connectivity index (χ0n) is 10.4. The normalized spacial score (nSPS) is 23.9. The van der Waals surface area contributed by atoms with Crippen molar-refractivity contribution >= 4 is 27.5 Å². The molecule has 1 aromatic rings. The highest BCUT2D eigenvalue weighted by Gasteiger charge is 2.34. The standard InChI is InChI=1S/C13H18BrN3O/c1-9-8-16-13(18)12(6-7-15)17(9)11-5-3-2-4-10(11)14/h2-5,9,12H,6-8,15H2,1H3,(H,16,18). The molecule has 3 N–H and O–H groups in total. The first-order valence-electron chi connectivity index (χ1n) is 6.15. The van der Waals surface area contributed by atoms with E-state index in [1.54, 1.807) is 0 Å². The third-order valence-electron chi connectivity index (χ3n) is 3.26. The van der Waals surface area contributed by atoms with Crippen LogP contribution in [-0.4, -0.2) is 31.1 Å². The number of carbonyl (C=O) groups is 1. The number of rotatable bonds is 3. The molecular weight excluding hydrogens is 294 g/mol. The molecule has 98 valence electrons. The maximum absolute atomic E-state index is 12.0. The summed E-state index contributed by atoms with van der Waals surface area (Å²) in [5, 5.41) is 2.93. The molecule has 1 aromatic carbocycles. The van der Waals surface area contributed by atoms with Crippen LogP contribution in [0.5, 0.6) is 0 Å². The number of nitrogens with one attached hydrogen (secondary N) is 1. The molecular formula is C13H18BrN3O. The molecule has 0 aliphatic carbocycles. The molecule has 5 heteroatoms. The molecule has 0 saturated carbocycles. The number of nitrogens with zero attached hydrogens (tertiary/aromatic N) is 1. The van der Waals surface area contributed by atoms with Gasteiger partial charge in [0.25, 0.3) is 0 Å². The van der Waals surface area contributed by atoms with Crippen LogP contribution in [0.3, 0.4) is 0 Å². The van der Waals surface area contributed by atoms with Crippen molar-refractivity contribution in [3.8, 4) is 0 Å². The van der Waals surface area contributed by atoms with Crippen molar-refractivity contribution in [1.82, 2.24) is 5.32 Å². The summed E-state index contributed by atoms with van der Waals surface area (Å²) < 4.78 is 1.01. The maximum Gasteiger partial charge on any atom is 0.242 e. The Balaban J connectivity index is 2.36. The van der Waals surface area contributed by atoms with Crippen LogP contribution in [0.25, 0.3) is 0 Å². The number of piperazine rings is 1. The van der Waals surface area contributed by atoms with Crippen molar-refractivity contribution in [2.75, 3.05) is 18.0 Å². The number of halogens is 1. The molecule has 1 amide bonds. The fourth-order valence-corrected chi connectivity index (χ4v) is 2.88. The number of carbonyl (C=O) groups excluding carboxylic acids is 1. The summed E-state index contributed by atoms with van der Waals surface area (Å²) in [6, 6.07) is 8.06. The quantitative estimate of drug-likeness (QED) is 0.889. The average Bonchev–Trinajstić information content (AvgIpc) is 2.36. The average molecular weight is 312 g/mol. The van der Waals surface area contributed by atoms with Gasteiger partial charge in [-0.05, 0) is 48.0 Å². The molecule has 4 nitrogen and oxygen atoms in total. The van der Waals surface area contributed by atoms with E-state index in [0.29, 0.717) is 19.5 Å². The zero-order valence-corrected chi connectivity index (χ0v) is 12.0. The van der Waals surface area contributed by atoms with Gasteiger partial charge in [0.05, 0.1) is 5.69 Å². The summed E-state index contributed by atoms with van der Waals surface area (Å²) in [5.74, 6) is 0.0642. The van der Waals surface area contributed by atoms with E-state index >= 15 is 0 Å². The molecule has 1 aliphatic rings. The Hall–Kier alpha value is -1.07. The molecule has 0 spiro atoms. The number of para-hydroxylation sites is 1. The van der Waals surface area contributed by atoms with Crippen molar-refractivity contribution in [3.05, 3.63) is 28.7 Å². The molecule has 1 heterocycles. The molecule has 1 fully saturated rings.